The van der Waals surface area contributed by atoms with Gasteiger partial charge < -0.3 is 24.8 Å². The number of hydrogen-bond acceptors (Lipinski definition) is 10. The minimum Gasteiger partial charge on any atom is -0.497 e. The first kappa shape index (κ1) is 44.9. The molecule has 60 heavy (non-hydrogen) atoms. The molecule has 3 heterocycles. The van der Waals surface area contributed by atoms with E-state index in [-0.39, 0.29) is 48.4 Å². The second-order valence-corrected chi connectivity index (χ2v) is 20.2. The Morgan fingerprint density at radius 2 is 1.78 bits per heavy atom. The van der Waals surface area contributed by atoms with Gasteiger partial charge in [0.05, 0.1) is 29.4 Å². The van der Waals surface area contributed by atoms with E-state index in [0.717, 1.165) is 4.90 Å². The molecule has 15 nitrogen and oxygen atoms in total. The Hall–Kier alpha value is -4.68. The number of nitrogens with zero attached hydrogens (tertiary/aromatic N) is 4. The fourth-order valence-electron chi connectivity index (χ4n) is 8.36. The number of methoxy groups -OCH3 is 1. The van der Waals surface area contributed by atoms with Crippen LogP contribution >= 0.6 is 0 Å². The summed E-state index contributed by atoms with van der Waals surface area (Å²) in [5, 5.41) is 13.2. The Labute approximate surface area is 347 Å². The van der Waals surface area contributed by atoms with Crippen LogP contribution in [-0.2, 0) is 24.4 Å². The summed E-state index contributed by atoms with van der Waals surface area (Å²) in [5.41, 5.74) is -3.36. The molecule has 2 aliphatic carbocycles. The molecule has 330 valence electrons. The number of carboxylic acid groups (broad SMARTS) is 1. The molecule has 4 aliphatic rings. The van der Waals surface area contributed by atoms with Gasteiger partial charge in [0.1, 0.15) is 40.7 Å². The lowest BCUT2D eigenvalue weighted by atomic mass is 9.85. The van der Waals surface area contributed by atoms with Crippen molar-refractivity contribution in [2.75, 3.05) is 13.7 Å². The number of rotatable bonds is 9. The average molecular weight is 865 g/mol. The molecule has 1 aromatic heterocycles. The smallest absolute Gasteiger partial charge is 0.411 e. The largest absolute Gasteiger partial charge is 0.497 e. The highest BCUT2D eigenvalue weighted by Gasteiger charge is 2.64. The van der Waals surface area contributed by atoms with E-state index < -0.39 is 85.9 Å². The Kier molecular flexibility index (Phi) is 11.9. The molecule has 2 aliphatic heterocycles. The van der Waals surface area contributed by atoms with Crippen molar-refractivity contribution in [1.82, 2.24) is 29.8 Å². The Morgan fingerprint density at radius 3 is 2.38 bits per heavy atom. The van der Waals surface area contributed by atoms with Crippen molar-refractivity contribution in [2.45, 2.75) is 140 Å². The maximum Gasteiger partial charge on any atom is 0.411 e. The van der Waals surface area contributed by atoms with Crippen LogP contribution in [0.1, 0.15) is 105 Å². The number of amides is 4. The van der Waals surface area contributed by atoms with Crippen molar-refractivity contribution in [3.8, 4) is 11.6 Å². The van der Waals surface area contributed by atoms with Gasteiger partial charge in [0.15, 0.2) is 0 Å². The first-order valence-electron chi connectivity index (χ1n) is 20.3. The van der Waals surface area contributed by atoms with Crippen LogP contribution in [0.25, 0.3) is 11.0 Å². The molecular weight excluding hydrogens is 810 g/mol. The van der Waals surface area contributed by atoms with Crippen LogP contribution in [0.4, 0.5) is 18.0 Å². The number of aromatic nitrogens is 2. The summed E-state index contributed by atoms with van der Waals surface area (Å²) in [7, 11) is -2.64. The van der Waals surface area contributed by atoms with Gasteiger partial charge in [-0.2, -0.15) is 13.2 Å². The second-order valence-electron chi connectivity index (χ2n) is 18.0. The Morgan fingerprint density at radius 1 is 1.10 bits per heavy atom. The Balaban J connectivity index is 1.44. The number of allylic oxidation sites excluding steroid dienone is 1. The van der Waals surface area contributed by atoms with E-state index in [1.54, 1.807) is 30.4 Å². The maximum atomic E-state index is 15.1. The highest BCUT2D eigenvalue weighted by Crippen LogP contribution is 2.48. The zero-order valence-electron chi connectivity index (χ0n) is 35.1. The lowest BCUT2D eigenvalue weighted by molar-refractivity contribution is -0.222. The third-order valence-electron chi connectivity index (χ3n) is 12.7. The highest BCUT2D eigenvalue weighted by atomic mass is 32.2. The van der Waals surface area contributed by atoms with Crippen LogP contribution in [0.3, 0.4) is 0 Å². The van der Waals surface area contributed by atoms with E-state index in [2.05, 4.69) is 10.0 Å². The fourth-order valence-corrected chi connectivity index (χ4v) is 9.68. The number of fused-ring (bicyclic) bond motifs is 3. The third kappa shape index (κ3) is 8.46. The quantitative estimate of drug-likeness (QED) is 0.262. The number of carbonyl (C=O) groups excluding carboxylic acids is 3. The van der Waals surface area contributed by atoms with Crippen molar-refractivity contribution in [3.63, 3.8) is 0 Å². The molecule has 2 saturated carbocycles. The number of nitrogens with one attached hydrogen (secondary N) is 2. The van der Waals surface area contributed by atoms with Gasteiger partial charge >= 0.3 is 12.3 Å². The maximum absolute atomic E-state index is 15.1. The van der Waals surface area contributed by atoms with Crippen molar-refractivity contribution in [3.05, 3.63) is 36.0 Å². The molecule has 0 spiro atoms. The second kappa shape index (κ2) is 16.0. The molecule has 4 amide bonds. The van der Waals surface area contributed by atoms with Gasteiger partial charge in [-0.05, 0) is 83.3 Å². The van der Waals surface area contributed by atoms with E-state index in [4.69, 9.17) is 19.4 Å². The first-order valence-corrected chi connectivity index (χ1v) is 21.8. The summed E-state index contributed by atoms with van der Waals surface area (Å²) >= 11 is 0. The van der Waals surface area contributed by atoms with E-state index in [0.29, 0.717) is 62.0 Å². The van der Waals surface area contributed by atoms with Crippen LogP contribution in [0.15, 0.2) is 30.4 Å². The molecule has 7 atom stereocenters. The molecule has 19 heteroatoms. The van der Waals surface area contributed by atoms with Gasteiger partial charge in [-0.3, -0.25) is 24.0 Å². The molecular formula is C41H55F3N6O9S. The fraction of sp³-hybridized carbons (Fsp3) is 0.659. The van der Waals surface area contributed by atoms with Gasteiger partial charge in [-0.25, -0.2) is 23.2 Å². The predicted molar refractivity (Wildman–Crippen MR) is 213 cm³/mol. The summed E-state index contributed by atoms with van der Waals surface area (Å²) in [6, 6.07) is 1.70. The number of carbonyl (C=O) groups is 4. The van der Waals surface area contributed by atoms with E-state index in [1.165, 1.54) is 21.0 Å². The molecule has 3 fully saturated rings. The third-order valence-corrected chi connectivity index (χ3v) is 14.8. The molecule has 0 unspecified atom stereocenters. The van der Waals surface area contributed by atoms with Gasteiger partial charge in [0, 0.05) is 24.3 Å². The SMILES string of the molecule is COc1ccc2nc(C(C)C)c(O[C@@H]3C[C@H]4C(=O)N[C@]5(C(=O)NS(=O)(=O)C6(C)CC6)C[C@H]5/C=C\CC[C@@H](C)C[C@@H](C)[C@H](N(C(=O)O)C(C)(C)C(F)(F)F)C(=O)N4C3)nc2c1. The van der Waals surface area contributed by atoms with Gasteiger partial charge in [-0.1, -0.05) is 39.8 Å². The van der Waals surface area contributed by atoms with Crippen LogP contribution in [0.5, 0.6) is 11.6 Å². The molecule has 1 aromatic carbocycles. The van der Waals surface area contributed by atoms with Crippen molar-refractivity contribution in [1.29, 1.82) is 0 Å². The summed E-state index contributed by atoms with van der Waals surface area (Å²) in [5.74, 6) is -4.30. The topological polar surface area (TPSA) is 197 Å². The first-order chi connectivity index (χ1) is 27.9. The van der Waals surface area contributed by atoms with E-state index in [1.807, 2.05) is 20.8 Å². The number of alkyl halides is 3. The minimum absolute atomic E-state index is 0.0452. The monoisotopic (exact) mass is 864 g/mol. The van der Waals surface area contributed by atoms with Crippen LogP contribution in [0.2, 0.25) is 0 Å². The average Bonchev–Trinajstić information content (AvgIpc) is 4.03. The highest BCUT2D eigenvalue weighted by molar-refractivity contribution is 7.91. The molecule has 3 N–H and O–H groups in total. The van der Waals surface area contributed by atoms with Crippen molar-refractivity contribution in [2.24, 2.45) is 17.8 Å². The van der Waals surface area contributed by atoms with Crippen LogP contribution in [0, 0.1) is 17.8 Å². The molecule has 2 aromatic rings. The molecule has 1 saturated heterocycles. The minimum atomic E-state index is -5.10. The number of halogens is 3. The summed E-state index contributed by atoms with van der Waals surface area (Å²) in [4.78, 5) is 67.3. The molecule has 6 rings (SSSR count). The number of hydrogen-bond donors (Lipinski definition) is 3. The normalized spacial score (nSPS) is 29.0. The lowest BCUT2D eigenvalue weighted by Crippen LogP contribution is -2.66. The Bertz CT molecular complexity index is 2180. The molecule has 0 bridgehead atoms. The zero-order valence-corrected chi connectivity index (χ0v) is 35.9. The van der Waals surface area contributed by atoms with E-state index >= 15 is 4.79 Å². The zero-order chi connectivity index (χ0) is 44.3. The summed E-state index contributed by atoms with van der Waals surface area (Å²) in [6.07, 6.45) is -2.93. The molecule has 0 radical (unpaired) electrons. The van der Waals surface area contributed by atoms with Crippen LogP contribution < -0.4 is 19.5 Å². The number of sulfonamides is 1. The number of ether oxygens (including phenoxy) is 2. The number of benzene rings is 1. The predicted octanol–water partition coefficient (Wildman–Crippen LogP) is 5.69. The van der Waals surface area contributed by atoms with Gasteiger partial charge in [-0.15, -0.1) is 0 Å². The summed E-state index contributed by atoms with van der Waals surface area (Å²) in [6.45, 7) is 9.63. The summed E-state index contributed by atoms with van der Waals surface area (Å²) < 4.78 is 83.6. The van der Waals surface area contributed by atoms with Crippen molar-refractivity contribution < 1.29 is 55.3 Å². The van der Waals surface area contributed by atoms with Crippen molar-refractivity contribution >= 4 is 44.9 Å². The van der Waals surface area contributed by atoms with Gasteiger partial charge in [0.2, 0.25) is 27.7 Å². The van der Waals surface area contributed by atoms with Gasteiger partial charge in [0.25, 0.3) is 5.91 Å². The standard InChI is InChI=1S/C41H55F3N6O9S/c1-22(2)31-34(46-29-18-26(58-8)13-14-28(29)45-31)59-27-19-30-33(51)47-40(36(53)48-60(56,57)39(7)15-16-39)20-25(40)12-10-9-11-23(3)17-24(4)32(35(52)49(30)21-27)50(37(54)55)38(5,6)41(42,43)44/h10,12-14,18,22-25,27,30,32H,9,11,15-17,19-21H2,1-8H3,(H,47,51)(H,48,53)(H,54,55)/b12-10-/t23-,24-,25-,27-,30+,32+,40-/m1/s1. The lowest BCUT2D eigenvalue weighted by Gasteiger charge is -2.45. The van der Waals surface area contributed by atoms with Crippen LogP contribution in [-0.4, -0.2) is 111 Å². The van der Waals surface area contributed by atoms with E-state index in [9.17, 15) is 41.1 Å².